The van der Waals surface area contributed by atoms with E-state index in [1.165, 1.54) is 42.0 Å². The Bertz CT molecular complexity index is 5230. The third-order valence-electron chi connectivity index (χ3n) is 15.2. The Morgan fingerprint density at radius 1 is 0.380 bits per heavy atom. The Morgan fingerprint density at radius 3 is 1.04 bits per heavy atom. The molecule has 0 aliphatic heterocycles. The van der Waals surface area contributed by atoms with E-state index in [1.807, 2.05) is 4.57 Å². The Labute approximate surface area is 522 Å². The van der Waals surface area contributed by atoms with Crippen molar-refractivity contribution in [3.63, 3.8) is 0 Å². The molecule has 0 spiro atoms. The van der Waals surface area contributed by atoms with E-state index in [0.29, 0.717) is 72.7 Å². The van der Waals surface area contributed by atoms with E-state index < -0.39 is 65.1 Å². The SMILES string of the molecule is C.C.C.CCS(=O)(=O)c1cc2[nH]c(C)nc2cc1-c1nc2cc(C(F)(F)F)ncc2n1C.CCS(=O)(=O)c1cc2c(cc1-c1nc3cc(C(F)(F)F)ncc3n1C)nc(C)n2C.CCS(=O)(=O)c1cc2nc(C)n(C)c2cc1-c1nc2cc(C(F)(F)F)ncc2n1C. The zero-order valence-electron chi connectivity index (χ0n) is 48.9. The number of aromatic nitrogens is 15. The van der Waals surface area contributed by atoms with Crippen LogP contribution in [0.25, 0.3) is 100 Å². The summed E-state index contributed by atoms with van der Waals surface area (Å²) in [6.07, 6.45) is -10.5. The number of hydrogen-bond acceptors (Lipinski definition) is 15. The second kappa shape index (κ2) is 24.6. The largest absolute Gasteiger partial charge is 0.433 e. The summed E-state index contributed by atoms with van der Waals surface area (Å²) in [5.41, 5.74) is 2.50. The molecule has 0 bridgehead atoms. The maximum absolute atomic E-state index is 13.0. The highest BCUT2D eigenvalue weighted by Crippen LogP contribution is 2.39. The molecule has 12 aromatic rings. The van der Waals surface area contributed by atoms with E-state index in [1.54, 1.807) is 89.4 Å². The molecule has 0 aliphatic carbocycles. The number of halogens is 9. The number of pyridine rings is 3. The molecule has 0 saturated heterocycles. The van der Waals surface area contributed by atoms with Crippen molar-refractivity contribution in [1.29, 1.82) is 0 Å². The number of rotatable bonds is 9. The summed E-state index contributed by atoms with van der Waals surface area (Å²) in [7, 11) is -2.54. The number of H-pyrrole nitrogens is 1. The van der Waals surface area contributed by atoms with Crippen LogP contribution in [0.3, 0.4) is 0 Å². The summed E-state index contributed by atoms with van der Waals surface area (Å²) in [6, 6.07) is 12.0. The zero-order chi connectivity index (χ0) is 65.2. The quantitative estimate of drug-likeness (QED) is 0.132. The first-order chi connectivity index (χ1) is 41.4. The van der Waals surface area contributed by atoms with E-state index in [-0.39, 0.29) is 99.4 Å². The van der Waals surface area contributed by atoms with Crippen LogP contribution in [0, 0.1) is 20.8 Å². The highest BCUT2D eigenvalue weighted by Gasteiger charge is 2.36. The van der Waals surface area contributed by atoms with Gasteiger partial charge in [-0.3, -0.25) is 0 Å². The number of sulfone groups is 3. The minimum Gasteiger partial charge on any atom is -0.342 e. The molecule has 0 unspecified atom stereocenters. The monoisotopic (exact) mass is 1350 g/mol. The normalized spacial score (nSPS) is 12.5. The Morgan fingerprint density at radius 2 is 0.685 bits per heavy atom. The van der Waals surface area contributed by atoms with E-state index in [4.69, 9.17) is 0 Å². The fourth-order valence-electron chi connectivity index (χ4n) is 10.1. The molecule has 92 heavy (non-hydrogen) atoms. The Hall–Kier alpha value is -8.85. The highest BCUT2D eigenvalue weighted by molar-refractivity contribution is 7.92. The summed E-state index contributed by atoms with van der Waals surface area (Å²) in [5, 5.41) is 0. The predicted octanol–water partition coefficient (Wildman–Crippen LogP) is 12.8. The van der Waals surface area contributed by atoms with Gasteiger partial charge >= 0.3 is 18.5 Å². The number of aromatic amines is 1. The maximum Gasteiger partial charge on any atom is 0.433 e. The summed E-state index contributed by atoms with van der Waals surface area (Å²) >= 11 is 0. The summed E-state index contributed by atoms with van der Waals surface area (Å²) in [4.78, 5) is 39.7. The second-order valence-corrected chi connectivity index (χ2v) is 27.4. The van der Waals surface area contributed by atoms with Crippen molar-refractivity contribution in [2.24, 2.45) is 35.2 Å². The number of nitrogens with one attached hydrogen (secondary N) is 1. The van der Waals surface area contributed by atoms with Crippen LogP contribution in [0.5, 0.6) is 0 Å². The van der Waals surface area contributed by atoms with Gasteiger partial charge in [-0.1, -0.05) is 43.1 Å². The van der Waals surface area contributed by atoms with Gasteiger partial charge in [-0.15, -0.1) is 0 Å². The molecule has 33 heteroatoms. The van der Waals surface area contributed by atoms with E-state index >= 15 is 0 Å². The van der Waals surface area contributed by atoms with Crippen LogP contribution in [0.2, 0.25) is 0 Å². The topological polar surface area (TPSA) is 259 Å². The number of aryl methyl sites for hydroxylation is 8. The Balaban J connectivity index is 0.000000193. The number of benzene rings is 3. The lowest BCUT2D eigenvalue weighted by atomic mass is 10.2. The van der Waals surface area contributed by atoms with Crippen molar-refractivity contribution in [3.05, 3.63) is 108 Å². The lowest BCUT2D eigenvalue weighted by molar-refractivity contribution is -0.141. The average molecular weight is 1350 g/mol. The van der Waals surface area contributed by atoms with Gasteiger partial charge in [-0.2, -0.15) is 39.5 Å². The van der Waals surface area contributed by atoms with Crippen LogP contribution in [0.4, 0.5) is 39.5 Å². The lowest BCUT2D eigenvalue weighted by Gasteiger charge is -2.11. The minimum absolute atomic E-state index is 0. The summed E-state index contributed by atoms with van der Waals surface area (Å²) < 4.78 is 202. The molecule has 0 aliphatic rings. The van der Waals surface area contributed by atoms with Gasteiger partial charge in [0.25, 0.3) is 0 Å². The molecule has 9 aromatic heterocycles. The third-order valence-corrected chi connectivity index (χ3v) is 20.5. The number of nitrogens with zero attached hydrogens (tertiary/aromatic N) is 14. The van der Waals surface area contributed by atoms with Gasteiger partial charge in [-0.25, -0.2) is 70.1 Å². The molecule has 0 atom stereocenters. The average Bonchev–Trinajstić information content (AvgIpc) is 1.58. The van der Waals surface area contributed by atoms with Crippen molar-refractivity contribution in [2.45, 2.75) is 97.0 Å². The van der Waals surface area contributed by atoms with Crippen LogP contribution in [0.15, 0.2) is 87.9 Å². The van der Waals surface area contributed by atoms with Gasteiger partial charge in [0.1, 0.15) is 52.0 Å². The maximum atomic E-state index is 13.0. The highest BCUT2D eigenvalue weighted by atomic mass is 32.2. The zero-order valence-corrected chi connectivity index (χ0v) is 51.3. The van der Waals surface area contributed by atoms with Gasteiger partial charge in [0.2, 0.25) is 0 Å². The smallest absolute Gasteiger partial charge is 0.342 e. The third kappa shape index (κ3) is 12.6. The summed E-state index contributed by atoms with van der Waals surface area (Å²) in [6.45, 7) is 9.93. The van der Waals surface area contributed by atoms with Crippen molar-refractivity contribution >= 4 is 95.7 Å². The molecule has 9 heterocycles. The molecule has 1 N–H and O–H groups in total. The molecule has 21 nitrogen and oxygen atoms in total. The molecule has 492 valence electrons. The number of imidazole rings is 6. The standard InChI is InChI=1S/2C19H18F3N5O2S.C18H16F3N5O2S.3CH4/c1-5-30(28,29)16-7-12-14(26(3)10(2)24-12)6-11(16)18-25-13-8-17(19(20,21)22)23-9-15(13)27(18)4;1-5-30(28,29)16-8-14-12(24-10(2)26(14)3)6-11(16)18-25-13-7-17(19(20,21)22)23-9-15(13)27(18)4;1-4-29(27,28)15-6-12-11(23-9(2)24-12)5-10(15)17-25-13-7-16(18(19,20)21)22-8-14(13)26(17)3;;;/h2*6-9H,5H2,1-4H3;5-8H,4H2,1-3H3,(H,23,24);3*1H4. The summed E-state index contributed by atoms with van der Waals surface area (Å²) in [5.74, 6) is 2.28. The van der Waals surface area contributed by atoms with Crippen LogP contribution in [-0.4, -0.2) is 115 Å². The second-order valence-electron chi connectivity index (χ2n) is 20.7. The van der Waals surface area contributed by atoms with E-state index in [0.717, 1.165) is 36.8 Å². The fraction of sp³-hybridized carbons (Fsp3) is 0.339. The van der Waals surface area contributed by atoms with Crippen molar-refractivity contribution < 1.29 is 64.8 Å². The van der Waals surface area contributed by atoms with Gasteiger partial charge in [0, 0.05) is 51.9 Å². The molecule has 12 rings (SSSR count). The van der Waals surface area contributed by atoms with Crippen LogP contribution < -0.4 is 0 Å². The van der Waals surface area contributed by atoms with E-state index in [2.05, 4.69) is 49.8 Å². The van der Waals surface area contributed by atoms with Gasteiger partial charge in [0.05, 0.1) is 117 Å². The van der Waals surface area contributed by atoms with Crippen molar-refractivity contribution in [1.82, 2.24) is 72.7 Å². The fourth-order valence-corrected chi connectivity index (χ4v) is 13.3. The first kappa shape index (κ1) is 70.6. The number of alkyl halides is 9. The Kier molecular flexibility index (Phi) is 18.9. The van der Waals surface area contributed by atoms with Crippen LogP contribution >= 0.6 is 0 Å². The van der Waals surface area contributed by atoms with Crippen molar-refractivity contribution in [3.8, 4) is 34.2 Å². The molecule has 0 amide bonds. The molecule has 0 radical (unpaired) electrons. The molecule has 3 aromatic carbocycles. The molecule has 0 saturated carbocycles. The van der Waals surface area contributed by atoms with Crippen LogP contribution in [0.1, 0.15) is 77.6 Å². The molecule has 0 fully saturated rings. The number of fused-ring (bicyclic) bond motifs is 6. The van der Waals surface area contributed by atoms with Crippen molar-refractivity contribution in [2.75, 3.05) is 17.3 Å². The minimum atomic E-state index is -4.60. The van der Waals surface area contributed by atoms with E-state index in [9.17, 15) is 64.8 Å². The molecular formula is C59H64F9N15O6S3. The lowest BCUT2D eigenvalue weighted by Crippen LogP contribution is -2.08. The molecular weight excluding hydrogens is 1280 g/mol. The first-order valence-corrected chi connectivity index (χ1v) is 31.7. The predicted molar refractivity (Wildman–Crippen MR) is 333 cm³/mol. The van der Waals surface area contributed by atoms with Gasteiger partial charge < -0.3 is 27.8 Å². The van der Waals surface area contributed by atoms with Gasteiger partial charge in [0.15, 0.2) is 29.5 Å². The first-order valence-electron chi connectivity index (χ1n) is 26.7. The van der Waals surface area contributed by atoms with Crippen LogP contribution in [-0.2, 0) is 83.3 Å². The number of hydrogen-bond donors (Lipinski definition) is 1. The van der Waals surface area contributed by atoms with Gasteiger partial charge in [-0.05, 0) is 75.4 Å².